The molecule has 0 heterocycles. The van der Waals surface area contributed by atoms with E-state index in [0.29, 0.717) is 11.3 Å². The van der Waals surface area contributed by atoms with Crippen LogP contribution in [0.1, 0.15) is 11.1 Å². The molecule has 0 aliphatic carbocycles. The van der Waals surface area contributed by atoms with Crippen LogP contribution in [-0.2, 0) is 0 Å². The standard InChI is InChI=1S/C10H11NO3/c1-8-3-4-10(14-2)9(7-8)5-6-11(12)13/h3-7H,1-2H3/b6-5-. The number of hydrogen-bond acceptors (Lipinski definition) is 3. The highest BCUT2D eigenvalue weighted by atomic mass is 16.6. The Bertz CT molecular complexity index is 372. The van der Waals surface area contributed by atoms with E-state index in [9.17, 15) is 10.1 Å². The van der Waals surface area contributed by atoms with Crippen LogP contribution in [0.15, 0.2) is 24.4 Å². The van der Waals surface area contributed by atoms with Gasteiger partial charge in [0, 0.05) is 11.6 Å². The van der Waals surface area contributed by atoms with E-state index in [2.05, 4.69) is 0 Å². The third-order valence-electron chi connectivity index (χ3n) is 1.76. The van der Waals surface area contributed by atoms with Gasteiger partial charge in [-0.2, -0.15) is 0 Å². The summed E-state index contributed by atoms with van der Waals surface area (Å²) in [6, 6.07) is 5.51. The van der Waals surface area contributed by atoms with Crippen LogP contribution < -0.4 is 4.74 Å². The molecule has 0 radical (unpaired) electrons. The summed E-state index contributed by atoms with van der Waals surface area (Å²) in [6.07, 6.45) is 2.32. The fourth-order valence-electron chi connectivity index (χ4n) is 1.13. The number of aryl methyl sites for hydroxylation is 1. The first-order chi connectivity index (χ1) is 6.63. The smallest absolute Gasteiger partial charge is 0.235 e. The van der Waals surface area contributed by atoms with Crippen molar-refractivity contribution in [1.82, 2.24) is 0 Å². The van der Waals surface area contributed by atoms with E-state index in [1.807, 2.05) is 19.1 Å². The number of nitro groups is 1. The van der Waals surface area contributed by atoms with Gasteiger partial charge in [0.15, 0.2) is 0 Å². The lowest BCUT2D eigenvalue weighted by Gasteiger charge is -2.04. The van der Waals surface area contributed by atoms with Crippen molar-refractivity contribution < 1.29 is 9.66 Å². The summed E-state index contributed by atoms with van der Waals surface area (Å²) < 4.78 is 5.06. The summed E-state index contributed by atoms with van der Waals surface area (Å²) in [6.45, 7) is 1.92. The van der Waals surface area contributed by atoms with Crippen molar-refractivity contribution in [3.05, 3.63) is 45.6 Å². The molecule has 0 aromatic heterocycles. The zero-order valence-electron chi connectivity index (χ0n) is 8.06. The van der Waals surface area contributed by atoms with E-state index in [1.165, 1.54) is 13.2 Å². The van der Waals surface area contributed by atoms with Crippen LogP contribution in [-0.4, -0.2) is 12.0 Å². The Balaban J connectivity index is 3.04. The largest absolute Gasteiger partial charge is 0.496 e. The van der Waals surface area contributed by atoms with Gasteiger partial charge in [0.1, 0.15) is 5.75 Å². The summed E-state index contributed by atoms with van der Waals surface area (Å²) >= 11 is 0. The van der Waals surface area contributed by atoms with Crippen LogP contribution in [0.4, 0.5) is 0 Å². The molecule has 0 saturated heterocycles. The first-order valence-corrected chi connectivity index (χ1v) is 4.10. The molecule has 4 nitrogen and oxygen atoms in total. The maximum atomic E-state index is 10.1. The molecule has 0 atom stereocenters. The van der Waals surface area contributed by atoms with E-state index in [4.69, 9.17) is 4.74 Å². The van der Waals surface area contributed by atoms with Crippen molar-refractivity contribution in [2.45, 2.75) is 6.92 Å². The van der Waals surface area contributed by atoms with E-state index in [-0.39, 0.29) is 0 Å². The monoisotopic (exact) mass is 193 g/mol. The van der Waals surface area contributed by atoms with Crippen LogP contribution in [0, 0.1) is 17.0 Å². The molecule has 74 valence electrons. The molecule has 0 fully saturated rings. The van der Waals surface area contributed by atoms with E-state index >= 15 is 0 Å². The SMILES string of the molecule is COc1ccc(C)cc1/C=C\[N+](=O)[O-]. The van der Waals surface area contributed by atoms with Gasteiger partial charge >= 0.3 is 0 Å². The van der Waals surface area contributed by atoms with Crippen LogP contribution in [0.2, 0.25) is 0 Å². The van der Waals surface area contributed by atoms with E-state index in [1.54, 1.807) is 6.07 Å². The maximum absolute atomic E-state index is 10.1. The summed E-state index contributed by atoms with van der Waals surface area (Å²) in [7, 11) is 1.54. The molecule has 0 N–H and O–H groups in total. The predicted molar refractivity (Wildman–Crippen MR) is 53.8 cm³/mol. The average Bonchev–Trinajstić information content (AvgIpc) is 2.15. The predicted octanol–water partition coefficient (Wildman–Crippen LogP) is 2.25. The first kappa shape index (κ1) is 10.2. The molecule has 0 aliphatic heterocycles. The van der Waals surface area contributed by atoms with Crippen molar-refractivity contribution >= 4 is 6.08 Å². The second-order valence-electron chi connectivity index (χ2n) is 2.85. The van der Waals surface area contributed by atoms with E-state index < -0.39 is 4.92 Å². The van der Waals surface area contributed by atoms with Gasteiger partial charge < -0.3 is 4.74 Å². The fraction of sp³-hybridized carbons (Fsp3) is 0.200. The highest BCUT2D eigenvalue weighted by Gasteiger charge is 2.00. The number of hydrogen-bond donors (Lipinski definition) is 0. The molecule has 0 unspecified atom stereocenters. The highest BCUT2D eigenvalue weighted by molar-refractivity contribution is 5.57. The molecule has 1 rings (SSSR count). The Hall–Kier alpha value is -1.84. The second-order valence-corrected chi connectivity index (χ2v) is 2.85. The molecule has 0 bridgehead atoms. The van der Waals surface area contributed by atoms with Gasteiger partial charge in [-0.3, -0.25) is 10.1 Å². The van der Waals surface area contributed by atoms with Crippen LogP contribution in [0.3, 0.4) is 0 Å². The Kier molecular flexibility index (Phi) is 3.23. The molecular formula is C10H11NO3. The zero-order valence-corrected chi connectivity index (χ0v) is 8.06. The molecule has 1 aromatic carbocycles. The number of methoxy groups -OCH3 is 1. The summed E-state index contributed by atoms with van der Waals surface area (Å²) in [4.78, 5) is 9.64. The second kappa shape index (κ2) is 4.41. The van der Waals surface area contributed by atoms with Crippen molar-refractivity contribution in [3.8, 4) is 5.75 Å². The third-order valence-corrected chi connectivity index (χ3v) is 1.76. The average molecular weight is 193 g/mol. The Morgan fingerprint density at radius 2 is 2.21 bits per heavy atom. The lowest BCUT2D eigenvalue weighted by molar-refractivity contribution is -0.400. The lowest BCUT2D eigenvalue weighted by Crippen LogP contribution is -1.89. The molecule has 0 aliphatic rings. The Morgan fingerprint density at radius 1 is 1.50 bits per heavy atom. The fourth-order valence-corrected chi connectivity index (χ4v) is 1.13. The Labute approximate surface area is 82.0 Å². The van der Waals surface area contributed by atoms with Crippen molar-refractivity contribution in [3.63, 3.8) is 0 Å². The number of nitrogens with zero attached hydrogens (tertiary/aromatic N) is 1. The zero-order chi connectivity index (χ0) is 10.6. The summed E-state index contributed by atoms with van der Waals surface area (Å²) in [5.41, 5.74) is 1.75. The van der Waals surface area contributed by atoms with Crippen molar-refractivity contribution in [1.29, 1.82) is 0 Å². The molecular weight excluding hydrogens is 182 g/mol. The minimum Gasteiger partial charge on any atom is -0.496 e. The van der Waals surface area contributed by atoms with Crippen LogP contribution >= 0.6 is 0 Å². The van der Waals surface area contributed by atoms with Crippen LogP contribution in [0.5, 0.6) is 5.75 Å². The minimum atomic E-state index is -0.498. The molecule has 0 spiro atoms. The van der Waals surface area contributed by atoms with E-state index in [0.717, 1.165) is 11.8 Å². The number of ether oxygens (including phenoxy) is 1. The van der Waals surface area contributed by atoms with Gasteiger partial charge in [0.2, 0.25) is 6.20 Å². The molecule has 4 heteroatoms. The van der Waals surface area contributed by atoms with Crippen molar-refractivity contribution in [2.75, 3.05) is 7.11 Å². The van der Waals surface area contributed by atoms with Gasteiger partial charge in [0.25, 0.3) is 0 Å². The number of rotatable bonds is 3. The van der Waals surface area contributed by atoms with Gasteiger partial charge in [-0.05, 0) is 19.1 Å². The van der Waals surface area contributed by atoms with Crippen LogP contribution in [0.25, 0.3) is 6.08 Å². The maximum Gasteiger partial charge on any atom is 0.235 e. The quantitative estimate of drug-likeness (QED) is 0.546. The van der Waals surface area contributed by atoms with Gasteiger partial charge in [0.05, 0.1) is 12.0 Å². The molecule has 0 saturated carbocycles. The molecule has 1 aromatic rings. The normalized spacial score (nSPS) is 10.4. The van der Waals surface area contributed by atoms with Gasteiger partial charge in [-0.25, -0.2) is 0 Å². The minimum absolute atomic E-state index is 0.498. The highest BCUT2D eigenvalue weighted by Crippen LogP contribution is 2.20. The Morgan fingerprint density at radius 3 is 2.79 bits per heavy atom. The lowest BCUT2D eigenvalue weighted by atomic mass is 10.1. The van der Waals surface area contributed by atoms with Gasteiger partial charge in [-0.15, -0.1) is 0 Å². The summed E-state index contributed by atoms with van der Waals surface area (Å²) in [5, 5.41) is 10.1. The van der Waals surface area contributed by atoms with Crippen molar-refractivity contribution in [2.24, 2.45) is 0 Å². The third kappa shape index (κ3) is 2.58. The first-order valence-electron chi connectivity index (χ1n) is 4.10. The topological polar surface area (TPSA) is 52.4 Å². The molecule has 0 amide bonds. The summed E-state index contributed by atoms with van der Waals surface area (Å²) in [5.74, 6) is 0.633. The molecule has 14 heavy (non-hydrogen) atoms. The van der Waals surface area contributed by atoms with Gasteiger partial charge in [-0.1, -0.05) is 11.6 Å². The number of benzene rings is 1.